The number of carbonyl (C=O) groups is 1. The van der Waals surface area contributed by atoms with E-state index in [0.717, 1.165) is 36.6 Å². The fourth-order valence-electron chi connectivity index (χ4n) is 2.02. The van der Waals surface area contributed by atoms with Crippen molar-refractivity contribution in [1.29, 1.82) is 0 Å². The van der Waals surface area contributed by atoms with E-state index in [2.05, 4.69) is 14.7 Å². The van der Waals surface area contributed by atoms with E-state index in [1.807, 2.05) is 6.92 Å². The number of aryl methyl sites for hydroxylation is 1. The fourth-order valence-corrected chi connectivity index (χ4v) is 2.67. The maximum atomic E-state index is 10.8. The molecule has 0 aliphatic heterocycles. The molecule has 0 saturated heterocycles. The smallest absolute Gasteiger partial charge is 0.306 e. The number of anilines is 1. The van der Waals surface area contributed by atoms with Crippen molar-refractivity contribution in [3.63, 3.8) is 0 Å². The van der Waals surface area contributed by atoms with Crippen molar-refractivity contribution in [3.05, 3.63) is 5.82 Å². The SMILES string of the molecule is Cc1nsc(NC2CCC(C(=O)O)CC2)n1. The summed E-state index contributed by atoms with van der Waals surface area (Å²) in [7, 11) is 0. The zero-order chi connectivity index (χ0) is 11.5. The average molecular weight is 241 g/mol. The fraction of sp³-hybridized carbons (Fsp3) is 0.700. The Morgan fingerprint density at radius 3 is 2.62 bits per heavy atom. The minimum Gasteiger partial charge on any atom is -0.481 e. The predicted molar refractivity (Wildman–Crippen MR) is 61.7 cm³/mol. The van der Waals surface area contributed by atoms with Crippen molar-refractivity contribution in [2.75, 3.05) is 5.32 Å². The molecule has 1 aliphatic carbocycles. The van der Waals surface area contributed by atoms with Gasteiger partial charge in [0.1, 0.15) is 5.82 Å². The number of nitrogens with zero attached hydrogens (tertiary/aromatic N) is 2. The minimum absolute atomic E-state index is 0.158. The molecule has 1 heterocycles. The third-order valence-corrected chi connectivity index (χ3v) is 3.67. The van der Waals surface area contributed by atoms with Gasteiger partial charge in [-0.3, -0.25) is 4.79 Å². The highest BCUT2D eigenvalue weighted by molar-refractivity contribution is 7.09. The van der Waals surface area contributed by atoms with E-state index in [-0.39, 0.29) is 5.92 Å². The average Bonchev–Trinajstić information content (AvgIpc) is 2.65. The van der Waals surface area contributed by atoms with Crippen molar-refractivity contribution < 1.29 is 9.90 Å². The van der Waals surface area contributed by atoms with Gasteiger partial charge in [0.05, 0.1) is 5.92 Å². The first-order valence-electron chi connectivity index (χ1n) is 5.45. The first-order valence-corrected chi connectivity index (χ1v) is 6.22. The van der Waals surface area contributed by atoms with Gasteiger partial charge in [0, 0.05) is 17.6 Å². The summed E-state index contributed by atoms with van der Waals surface area (Å²) in [5.74, 6) is -0.0360. The second kappa shape index (κ2) is 4.78. The molecule has 5 nitrogen and oxygen atoms in total. The molecule has 0 atom stereocenters. The Balaban J connectivity index is 1.83. The maximum absolute atomic E-state index is 10.8. The van der Waals surface area contributed by atoms with Crippen LogP contribution in [0.3, 0.4) is 0 Å². The molecule has 1 saturated carbocycles. The van der Waals surface area contributed by atoms with Crippen molar-refractivity contribution in [1.82, 2.24) is 9.36 Å². The van der Waals surface area contributed by atoms with Crippen LogP contribution in [0.25, 0.3) is 0 Å². The van der Waals surface area contributed by atoms with Gasteiger partial charge >= 0.3 is 5.97 Å². The number of aliphatic carboxylic acids is 1. The third kappa shape index (κ3) is 2.69. The molecular formula is C10H15N3O2S. The van der Waals surface area contributed by atoms with Gasteiger partial charge in [0.2, 0.25) is 5.13 Å². The molecule has 1 aliphatic rings. The molecule has 0 amide bonds. The lowest BCUT2D eigenvalue weighted by Gasteiger charge is -2.26. The van der Waals surface area contributed by atoms with E-state index in [1.165, 1.54) is 11.5 Å². The molecule has 1 fully saturated rings. The van der Waals surface area contributed by atoms with E-state index < -0.39 is 5.97 Å². The van der Waals surface area contributed by atoms with E-state index in [9.17, 15) is 4.79 Å². The summed E-state index contributed by atoms with van der Waals surface area (Å²) in [5, 5.41) is 13.0. The molecule has 2 rings (SSSR count). The van der Waals surface area contributed by atoms with Crippen LogP contribution < -0.4 is 5.32 Å². The Morgan fingerprint density at radius 1 is 1.44 bits per heavy atom. The van der Waals surface area contributed by atoms with Crippen molar-refractivity contribution in [2.45, 2.75) is 38.6 Å². The van der Waals surface area contributed by atoms with E-state index in [4.69, 9.17) is 5.11 Å². The highest BCUT2D eigenvalue weighted by Crippen LogP contribution is 2.27. The summed E-state index contributed by atoms with van der Waals surface area (Å²) < 4.78 is 4.10. The molecule has 1 aromatic rings. The van der Waals surface area contributed by atoms with E-state index in [1.54, 1.807) is 0 Å². The Labute approximate surface area is 98.1 Å². The van der Waals surface area contributed by atoms with Crippen molar-refractivity contribution >= 4 is 22.6 Å². The number of carboxylic acid groups (broad SMARTS) is 1. The molecule has 0 spiro atoms. The maximum Gasteiger partial charge on any atom is 0.306 e. The Kier molecular flexibility index (Phi) is 3.38. The summed E-state index contributed by atoms with van der Waals surface area (Å²) in [5.41, 5.74) is 0. The van der Waals surface area contributed by atoms with Crippen LogP contribution in [0, 0.1) is 12.8 Å². The molecule has 88 valence electrons. The molecule has 6 heteroatoms. The van der Waals surface area contributed by atoms with Gasteiger partial charge in [-0.05, 0) is 32.6 Å². The van der Waals surface area contributed by atoms with Gasteiger partial charge in [0.25, 0.3) is 0 Å². The standard InChI is InChI=1S/C10H15N3O2S/c1-6-11-10(16-13-6)12-8-4-2-7(3-5-8)9(14)15/h7-8H,2-5H2,1H3,(H,14,15)(H,11,12,13). The normalized spacial score (nSPS) is 25.3. The molecule has 0 aromatic carbocycles. The number of hydrogen-bond acceptors (Lipinski definition) is 5. The summed E-state index contributed by atoms with van der Waals surface area (Å²) in [6.45, 7) is 1.86. The van der Waals surface area contributed by atoms with Crippen LogP contribution in [0.4, 0.5) is 5.13 Å². The number of nitrogens with one attached hydrogen (secondary N) is 1. The topological polar surface area (TPSA) is 75.1 Å². The van der Waals surface area contributed by atoms with Gasteiger partial charge in [-0.2, -0.15) is 4.37 Å². The molecule has 2 N–H and O–H groups in total. The van der Waals surface area contributed by atoms with Crippen LogP contribution >= 0.6 is 11.5 Å². The third-order valence-electron chi connectivity index (χ3n) is 2.93. The summed E-state index contributed by atoms with van der Waals surface area (Å²) in [6.07, 6.45) is 3.31. The molecule has 0 bridgehead atoms. The van der Waals surface area contributed by atoms with Crippen LogP contribution in [-0.2, 0) is 4.79 Å². The lowest BCUT2D eigenvalue weighted by atomic mass is 9.86. The number of carboxylic acids is 1. The highest BCUT2D eigenvalue weighted by atomic mass is 32.1. The lowest BCUT2D eigenvalue weighted by molar-refractivity contribution is -0.142. The number of aromatic nitrogens is 2. The Bertz CT molecular complexity index is 372. The largest absolute Gasteiger partial charge is 0.481 e. The predicted octanol–water partition coefficient (Wildman–Crippen LogP) is 1.90. The van der Waals surface area contributed by atoms with Crippen LogP contribution in [0.1, 0.15) is 31.5 Å². The van der Waals surface area contributed by atoms with Gasteiger partial charge in [-0.25, -0.2) is 4.98 Å². The molecular weight excluding hydrogens is 226 g/mol. The van der Waals surface area contributed by atoms with E-state index >= 15 is 0 Å². The van der Waals surface area contributed by atoms with Gasteiger partial charge in [-0.1, -0.05) is 0 Å². The van der Waals surface area contributed by atoms with Crippen molar-refractivity contribution in [2.24, 2.45) is 5.92 Å². The minimum atomic E-state index is -0.662. The van der Waals surface area contributed by atoms with Gasteiger partial charge in [-0.15, -0.1) is 0 Å². The Morgan fingerprint density at radius 2 is 2.12 bits per heavy atom. The summed E-state index contributed by atoms with van der Waals surface area (Å²) >= 11 is 1.36. The quantitative estimate of drug-likeness (QED) is 0.845. The monoisotopic (exact) mass is 241 g/mol. The molecule has 0 unspecified atom stereocenters. The molecule has 16 heavy (non-hydrogen) atoms. The highest BCUT2D eigenvalue weighted by Gasteiger charge is 2.26. The first kappa shape index (κ1) is 11.3. The summed E-state index contributed by atoms with van der Waals surface area (Å²) in [4.78, 5) is 15.0. The van der Waals surface area contributed by atoms with Gasteiger partial charge < -0.3 is 10.4 Å². The van der Waals surface area contributed by atoms with Crippen LogP contribution in [-0.4, -0.2) is 26.5 Å². The summed E-state index contributed by atoms with van der Waals surface area (Å²) in [6, 6.07) is 0.350. The van der Waals surface area contributed by atoms with Crippen LogP contribution in [0.15, 0.2) is 0 Å². The molecule has 1 aromatic heterocycles. The van der Waals surface area contributed by atoms with Crippen molar-refractivity contribution in [3.8, 4) is 0 Å². The number of hydrogen-bond donors (Lipinski definition) is 2. The number of rotatable bonds is 3. The first-order chi connectivity index (χ1) is 7.65. The van der Waals surface area contributed by atoms with E-state index in [0.29, 0.717) is 6.04 Å². The van der Waals surface area contributed by atoms with Crippen LogP contribution in [0.5, 0.6) is 0 Å². The lowest BCUT2D eigenvalue weighted by Crippen LogP contribution is -2.29. The zero-order valence-corrected chi connectivity index (χ0v) is 9.96. The van der Waals surface area contributed by atoms with Crippen LogP contribution in [0.2, 0.25) is 0 Å². The van der Waals surface area contributed by atoms with Gasteiger partial charge in [0.15, 0.2) is 0 Å². The zero-order valence-electron chi connectivity index (χ0n) is 9.14. The second-order valence-electron chi connectivity index (χ2n) is 4.18. The molecule has 0 radical (unpaired) electrons. The second-order valence-corrected chi connectivity index (χ2v) is 4.93. The Hall–Kier alpha value is -1.17.